The third-order valence-corrected chi connectivity index (χ3v) is 2.95. The molecule has 0 saturated carbocycles. The summed E-state index contributed by atoms with van der Waals surface area (Å²) in [5.74, 6) is -2.87. The molecule has 6 heteroatoms. The van der Waals surface area contributed by atoms with Gasteiger partial charge in [0.05, 0.1) is 0 Å². The minimum atomic E-state index is -1.11. The molecule has 100 valence electrons. The van der Waals surface area contributed by atoms with Crippen LogP contribution in [0.3, 0.4) is 0 Å². The van der Waals surface area contributed by atoms with Gasteiger partial charge in [0.25, 0.3) is 0 Å². The van der Waals surface area contributed by atoms with Crippen molar-refractivity contribution in [2.45, 2.75) is 31.7 Å². The number of aliphatic carboxylic acids is 1. The Morgan fingerprint density at radius 3 is 2.39 bits per heavy atom. The van der Waals surface area contributed by atoms with Gasteiger partial charge in [0, 0.05) is 5.56 Å². The maximum atomic E-state index is 10.7. The highest BCUT2D eigenvalue weighted by Gasteiger charge is 2.23. The van der Waals surface area contributed by atoms with Gasteiger partial charge in [0.2, 0.25) is 5.75 Å². The van der Waals surface area contributed by atoms with Crippen LogP contribution in [0.4, 0.5) is 0 Å². The molecule has 0 aliphatic heterocycles. The number of carbonyl (C=O) groups is 1. The molecule has 2 unspecified atom stereocenters. The van der Waals surface area contributed by atoms with Crippen LogP contribution in [0.2, 0.25) is 0 Å². The highest BCUT2D eigenvalue weighted by atomic mass is 16.4. The number of aromatic hydroxyl groups is 3. The summed E-state index contributed by atoms with van der Waals surface area (Å²) in [7, 11) is 0. The molecule has 0 fully saturated rings. The molecular weight excluding hydrogens is 238 g/mol. The van der Waals surface area contributed by atoms with Crippen molar-refractivity contribution < 1.29 is 25.2 Å². The zero-order chi connectivity index (χ0) is 13.9. The molecule has 0 aromatic heterocycles. The van der Waals surface area contributed by atoms with Crippen molar-refractivity contribution in [1.29, 1.82) is 0 Å². The molecule has 1 rings (SSSR count). The maximum Gasteiger partial charge on any atom is 0.320 e. The molecular formula is C12H17NO5. The van der Waals surface area contributed by atoms with Gasteiger partial charge in [-0.05, 0) is 24.8 Å². The van der Waals surface area contributed by atoms with Crippen molar-refractivity contribution >= 4 is 5.97 Å². The molecule has 1 aromatic rings. The molecule has 0 bridgehead atoms. The summed E-state index contributed by atoms with van der Waals surface area (Å²) in [6, 6.07) is 1.66. The van der Waals surface area contributed by atoms with E-state index in [-0.39, 0.29) is 12.3 Å². The predicted molar refractivity (Wildman–Crippen MR) is 64.7 cm³/mol. The second-order valence-corrected chi connectivity index (χ2v) is 4.16. The highest BCUT2D eigenvalue weighted by molar-refractivity contribution is 5.73. The lowest BCUT2D eigenvalue weighted by Gasteiger charge is -2.19. The first-order valence-electron chi connectivity index (χ1n) is 5.60. The average Bonchev–Trinajstić information content (AvgIpc) is 2.33. The van der Waals surface area contributed by atoms with E-state index >= 15 is 0 Å². The van der Waals surface area contributed by atoms with Crippen LogP contribution in [0, 0.1) is 0 Å². The van der Waals surface area contributed by atoms with E-state index in [4.69, 9.17) is 10.8 Å². The summed E-state index contributed by atoms with van der Waals surface area (Å²) >= 11 is 0. The van der Waals surface area contributed by atoms with E-state index in [1.54, 1.807) is 0 Å². The molecule has 0 saturated heterocycles. The Labute approximate surface area is 104 Å². The molecule has 0 spiro atoms. The van der Waals surface area contributed by atoms with E-state index in [2.05, 4.69) is 0 Å². The maximum absolute atomic E-state index is 10.7. The highest BCUT2D eigenvalue weighted by Crippen LogP contribution is 2.42. The third-order valence-electron chi connectivity index (χ3n) is 2.95. The van der Waals surface area contributed by atoms with Crippen LogP contribution in [0.25, 0.3) is 0 Å². The van der Waals surface area contributed by atoms with Gasteiger partial charge in [0.15, 0.2) is 11.5 Å². The molecule has 6 nitrogen and oxygen atoms in total. The number of carboxylic acid groups (broad SMARTS) is 1. The predicted octanol–water partition coefficient (Wildman–Crippen LogP) is 1.10. The second kappa shape index (κ2) is 5.59. The fourth-order valence-corrected chi connectivity index (χ4v) is 1.83. The molecule has 0 heterocycles. The van der Waals surface area contributed by atoms with Crippen LogP contribution in [-0.2, 0) is 4.79 Å². The Kier molecular flexibility index (Phi) is 4.38. The Hall–Kier alpha value is -1.95. The molecule has 18 heavy (non-hydrogen) atoms. The van der Waals surface area contributed by atoms with E-state index < -0.39 is 29.3 Å². The summed E-state index contributed by atoms with van der Waals surface area (Å²) in [6.45, 7) is 1.82. The summed E-state index contributed by atoms with van der Waals surface area (Å²) in [6.07, 6.45) is 0.697. The topological polar surface area (TPSA) is 124 Å². The molecule has 1 aromatic carbocycles. The van der Waals surface area contributed by atoms with Gasteiger partial charge in [-0.1, -0.05) is 13.0 Å². The van der Waals surface area contributed by atoms with Crippen molar-refractivity contribution in [3.05, 3.63) is 17.7 Å². The summed E-state index contributed by atoms with van der Waals surface area (Å²) < 4.78 is 0. The number of nitrogens with two attached hydrogens (primary N) is 1. The summed E-state index contributed by atoms with van der Waals surface area (Å²) in [4.78, 5) is 10.7. The molecule has 2 atom stereocenters. The van der Waals surface area contributed by atoms with Crippen molar-refractivity contribution in [3.8, 4) is 17.2 Å². The van der Waals surface area contributed by atoms with Gasteiger partial charge >= 0.3 is 5.97 Å². The fraction of sp³-hybridized carbons (Fsp3) is 0.417. The number of hydrogen-bond acceptors (Lipinski definition) is 5. The largest absolute Gasteiger partial charge is 0.504 e. The number of rotatable bonds is 5. The number of phenols is 3. The van der Waals surface area contributed by atoms with Crippen LogP contribution in [-0.4, -0.2) is 32.4 Å². The SMILES string of the molecule is CCC(CC(N)C(=O)O)c1ccc(O)c(O)c1O. The van der Waals surface area contributed by atoms with Gasteiger partial charge in [0.1, 0.15) is 6.04 Å². The second-order valence-electron chi connectivity index (χ2n) is 4.16. The minimum absolute atomic E-state index is 0.142. The zero-order valence-corrected chi connectivity index (χ0v) is 10.00. The van der Waals surface area contributed by atoms with Crippen LogP contribution in [0.15, 0.2) is 12.1 Å². The molecule has 0 aliphatic rings. The van der Waals surface area contributed by atoms with Crippen LogP contribution >= 0.6 is 0 Å². The average molecular weight is 255 g/mol. The van der Waals surface area contributed by atoms with Crippen molar-refractivity contribution in [3.63, 3.8) is 0 Å². The standard InChI is InChI=1S/C12H17NO5/c1-2-6(5-8(13)12(17)18)7-3-4-9(14)11(16)10(7)15/h3-4,6,8,14-16H,2,5,13H2,1H3,(H,17,18). The first-order chi connectivity index (χ1) is 8.38. The van der Waals surface area contributed by atoms with E-state index in [1.165, 1.54) is 12.1 Å². The molecule has 0 radical (unpaired) electrons. The normalized spacial score (nSPS) is 14.1. The Balaban J connectivity index is 3.03. The molecule has 0 aliphatic carbocycles. The van der Waals surface area contributed by atoms with Gasteiger partial charge in [-0.15, -0.1) is 0 Å². The van der Waals surface area contributed by atoms with Crippen molar-refractivity contribution in [1.82, 2.24) is 0 Å². The lowest BCUT2D eigenvalue weighted by Crippen LogP contribution is -2.31. The zero-order valence-electron chi connectivity index (χ0n) is 10.00. The van der Waals surface area contributed by atoms with Crippen LogP contribution < -0.4 is 5.73 Å². The smallest absolute Gasteiger partial charge is 0.320 e. The molecule has 0 amide bonds. The lowest BCUT2D eigenvalue weighted by molar-refractivity contribution is -0.138. The quantitative estimate of drug-likeness (QED) is 0.502. The van der Waals surface area contributed by atoms with Gasteiger partial charge in [-0.2, -0.15) is 0 Å². The Morgan fingerprint density at radius 2 is 1.89 bits per heavy atom. The molecule has 6 N–H and O–H groups in total. The third kappa shape index (κ3) is 2.84. The fourth-order valence-electron chi connectivity index (χ4n) is 1.83. The summed E-state index contributed by atoms with van der Waals surface area (Å²) in [5.41, 5.74) is 5.83. The number of carboxylic acids is 1. The van der Waals surface area contributed by atoms with Crippen LogP contribution in [0.5, 0.6) is 17.2 Å². The lowest BCUT2D eigenvalue weighted by atomic mass is 9.89. The number of hydrogen-bond donors (Lipinski definition) is 5. The number of benzene rings is 1. The van der Waals surface area contributed by atoms with E-state index in [9.17, 15) is 20.1 Å². The van der Waals surface area contributed by atoms with Gasteiger partial charge in [-0.3, -0.25) is 4.79 Å². The first kappa shape index (κ1) is 14.1. The number of phenolic OH excluding ortho intramolecular Hbond substituents is 3. The van der Waals surface area contributed by atoms with E-state index in [0.29, 0.717) is 12.0 Å². The van der Waals surface area contributed by atoms with E-state index in [1.807, 2.05) is 6.92 Å². The van der Waals surface area contributed by atoms with Gasteiger partial charge < -0.3 is 26.2 Å². The van der Waals surface area contributed by atoms with E-state index in [0.717, 1.165) is 0 Å². The monoisotopic (exact) mass is 255 g/mol. The minimum Gasteiger partial charge on any atom is -0.504 e. The summed E-state index contributed by atoms with van der Waals surface area (Å²) in [5, 5.41) is 37.1. The van der Waals surface area contributed by atoms with Crippen molar-refractivity contribution in [2.75, 3.05) is 0 Å². The van der Waals surface area contributed by atoms with Gasteiger partial charge in [-0.25, -0.2) is 0 Å². The van der Waals surface area contributed by atoms with Crippen LogP contribution in [0.1, 0.15) is 31.2 Å². The Morgan fingerprint density at radius 1 is 1.28 bits per heavy atom. The Bertz CT molecular complexity index is 446. The first-order valence-corrected chi connectivity index (χ1v) is 5.60. The van der Waals surface area contributed by atoms with Crippen molar-refractivity contribution in [2.24, 2.45) is 5.73 Å².